The molecule has 0 aromatic rings. The maximum absolute atomic E-state index is 6.27. The zero-order valence-electron chi connectivity index (χ0n) is 14.4. The van der Waals surface area contributed by atoms with Crippen molar-refractivity contribution in [2.24, 2.45) is 0 Å². The molecule has 0 radical (unpaired) electrons. The van der Waals surface area contributed by atoms with Crippen molar-refractivity contribution in [1.82, 2.24) is 4.90 Å². The third kappa shape index (κ3) is 10.6. The van der Waals surface area contributed by atoms with E-state index in [1.165, 1.54) is 88.8 Å². The Balaban J connectivity index is 2.21. The van der Waals surface area contributed by atoms with Gasteiger partial charge >= 0.3 is 0 Å². The van der Waals surface area contributed by atoms with Crippen LogP contribution < -0.4 is 0 Å². The van der Waals surface area contributed by atoms with Crippen molar-refractivity contribution < 1.29 is 4.74 Å². The molecule has 3 heteroatoms. The highest BCUT2D eigenvalue weighted by Gasteiger charge is 2.13. The van der Waals surface area contributed by atoms with Crippen LogP contribution in [0.15, 0.2) is 0 Å². The van der Waals surface area contributed by atoms with E-state index in [1.54, 1.807) is 0 Å². The Kier molecular flexibility index (Phi) is 12.8. The third-order valence-corrected chi connectivity index (χ3v) is 5.53. The van der Waals surface area contributed by atoms with Crippen LogP contribution in [0.1, 0.15) is 78.1 Å². The molecule has 0 aromatic heterocycles. The standard InChI is InChI=1S/C18H37NOS/c1-3-5-6-9-12-18(16-21-15-4-2)20-17-19-13-10-7-8-11-14-19/h18H,3-17H2,1-2H3. The predicted octanol–water partition coefficient (Wildman–Crippen LogP) is 5.32. The molecule has 0 spiro atoms. The van der Waals surface area contributed by atoms with Gasteiger partial charge in [-0.2, -0.15) is 11.8 Å². The number of rotatable bonds is 12. The van der Waals surface area contributed by atoms with Gasteiger partial charge in [-0.15, -0.1) is 0 Å². The van der Waals surface area contributed by atoms with Crippen molar-refractivity contribution >= 4 is 11.8 Å². The number of hydrogen-bond acceptors (Lipinski definition) is 3. The smallest absolute Gasteiger partial charge is 0.0994 e. The Morgan fingerprint density at radius 2 is 1.71 bits per heavy atom. The van der Waals surface area contributed by atoms with Crippen molar-refractivity contribution in [3.05, 3.63) is 0 Å². The molecule has 1 unspecified atom stereocenters. The molecule has 0 bridgehead atoms. The van der Waals surface area contributed by atoms with E-state index in [4.69, 9.17) is 4.74 Å². The molecule has 0 amide bonds. The maximum Gasteiger partial charge on any atom is 0.0994 e. The summed E-state index contributed by atoms with van der Waals surface area (Å²) < 4.78 is 6.27. The first kappa shape index (κ1) is 19.3. The molecule has 21 heavy (non-hydrogen) atoms. The monoisotopic (exact) mass is 315 g/mol. The number of ether oxygens (including phenoxy) is 1. The lowest BCUT2D eigenvalue weighted by Gasteiger charge is -2.24. The predicted molar refractivity (Wildman–Crippen MR) is 96.2 cm³/mol. The Hall–Kier alpha value is 0.270. The number of unbranched alkanes of at least 4 members (excludes halogenated alkanes) is 3. The van der Waals surface area contributed by atoms with E-state index >= 15 is 0 Å². The molecule has 0 saturated carbocycles. The summed E-state index contributed by atoms with van der Waals surface area (Å²) in [6, 6.07) is 0. The van der Waals surface area contributed by atoms with Gasteiger partial charge in [0.15, 0.2) is 0 Å². The molecule has 0 aliphatic carbocycles. The van der Waals surface area contributed by atoms with Crippen LogP contribution in [0.3, 0.4) is 0 Å². The maximum atomic E-state index is 6.27. The van der Waals surface area contributed by atoms with Crippen LogP contribution >= 0.6 is 11.8 Å². The minimum Gasteiger partial charge on any atom is -0.362 e. The molecule has 1 rings (SSSR count). The Morgan fingerprint density at radius 3 is 2.38 bits per heavy atom. The summed E-state index contributed by atoms with van der Waals surface area (Å²) in [6.07, 6.45) is 13.9. The fraction of sp³-hybridized carbons (Fsp3) is 1.00. The second-order valence-electron chi connectivity index (χ2n) is 6.37. The summed E-state index contributed by atoms with van der Waals surface area (Å²) in [5, 5.41) is 0. The van der Waals surface area contributed by atoms with Gasteiger partial charge in [0.25, 0.3) is 0 Å². The van der Waals surface area contributed by atoms with Crippen LogP contribution in [0, 0.1) is 0 Å². The summed E-state index contributed by atoms with van der Waals surface area (Å²) in [5.74, 6) is 2.46. The van der Waals surface area contributed by atoms with E-state index in [2.05, 4.69) is 30.5 Å². The molecule has 0 aromatic carbocycles. The van der Waals surface area contributed by atoms with Gasteiger partial charge in [0.2, 0.25) is 0 Å². The number of likely N-dealkylation sites (tertiary alicyclic amines) is 1. The van der Waals surface area contributed by atoms with Gasteiger partial charge in [0.1, 0.15) is 0 Å². The second-order valence-corrected chi connectivity index (χ2v) is 7.52. The molecule has 126 valence electrons. The van der Waals surface area contributed by atoms with Gasteiger partial charge in [0.05, 0.1) is 12.8 Å². The Bertz CT molecular complexity index is 217. The first-order valence-electron chi connectivity index (χ1n) is 9.28. The Morgan fingerprint density at radius 1 is 0.952 bits per heavy atom. The van der Waals surface area contributed by atoms with E-state index in [0.29, 0.717) is 6.10 Å². The molecule has 2 nitrogen and oxygen atoms in total. The molecular formula is C18H37NOS. The van der Waals surface area contributed by atoms with Crippen LogP contribution in [-0.2, 0) is 4.74 Å². The summed E-state index contributed by atoms with van der Waals surface area (Å²) >= 11 is 2.07. The van der Waals surface area contributed by atoms with E-state index in [-0.39, 0.29) is 0 Å². The van der Waals surface area contributed by atoms with Crippen LogP contribution in [0.4, 0.5) is 0 Å². The SMILES string of the molecule is CCCCCCC(CSCCC)OCN1CCCCCC1. The summed E-state index contributed by atoms with van der Waals surface area (Å²) in [4.78, 5) is 2.52. The fourth-order valence-corrected chi connectivity index (χ4v) is 3.83. The molecule has 1 aliphatic rings. The average molecular weight is 316 g/mol. The molecule has 0 N–H and O–H groups in total. The van der Waals surface area contributed by atoms with E-state index in [9.17, 15) is 0 Å². The van der Waals surface area contributed by atoms with E-state index in [1.807, 2.05) is 0 Å². The number of nitrogens with zero attached hydrogens (tertiary/aromatic N) is 1. The van der Waals surface area contributed by atoms with E-state index < -0.39 is 0 Å². The molecule has 1 aliphatic heterocycles. The van der Waals surface area contributed by atoms with Crippen LogP contribution in [-0.4, -0.2) is 42.3 Å². The van der Waals surface area contributed by atoms with Gasteiger partial charge in [0, 0.05) is 18.8 Å². The fourth-order valence-electron chi connectivity index (χ4n) is 2.85. The molecular weight excluding hydrogens is 278 g/mol. The van der Waals surface area contributed by atoms with Crippen molar-refractivity contribution in [3.8, 4) is 0 Å². The zero-order chi connectivity index (χ0) is 15.2. The lowest BCUT2D eigenvalue weighted by Crippen LogP contribution is -2.31. The van der Waals surface area contributed by atoms with Gasteiger partial charge in [-0.25, -0.2) is 0 Å². The Labute approximate surface area is 137 Å². The zero-order valence-corrected chi connectivity index (χ0v) is 15.3. The highest BCUT2D eigenvalue weighted by atomic mass is 32.2. The molecule has 1 heterocycles. The van der Waals surface area contributed by atoms with Crippen molar-refractivity contribution in [1.29, 1.82) is 0 Å². The van der Waals surface area contributed by atoms with Crippen LogP contribution in [0.2, 0.25) is 0 Å². The molecule has 1 saturated heterocycles. The highest BCUT2D eigenvalue weighted by molar-refractivity contribution is 7.99. The summed E-state index contributed by atoms with van der Waals surface area (Å²) in [5.41, 5.74) is 0. The third-order valence-electron chi connectivity index (χ3n) is 4.22. The lowest BCUT2D eigenvalue weighted by molar-refractivity contribution is -0.0152. The minimum atomic E-state index is 0.474. The molecule has 1 fully saturated rings. The molecule has 1 atom stereocenters. The minimum absolute atomic E-state index is 0.474. The summed E-state index contributed by atoms with van der Waals surface area (Å²) in [6.45, 7) is 7.90. The lowest BCUT2D eigenvalue weighted by atomic mass is 10.1. The van der Waals surface area contributed by atoms with Gasteiger partial charge < -0.3 is 4.74 Å². The summed E-state index contributed by atoms with van der Waals surface area (Å²) in [7, 11) is 0. The highest BCUT2D eigenvalue weighted by Crippen LogP contribution is 2.16. The second kappa shape index (κ2) is 13.9. The first-order valence-corrected chi connectivity index (χ1v) is 10.4. The average Bonchev–Trinajstić information content (AvgIpc) is 2.77. The first-order chi connectivity index (χ1) is 10.4. The van der Waals surface area contributed by atoms with Gasteiger partial charge in [-0.05, 0) is 31.4 Å². The van der Waals surface area contributed by atoms with E-state index in [0.717, 1.165) is 6.73 Å². The largest absolute Gasteiger partial charge is 0.362 e. The number of hydrogen-bond donors (Lipinski definition) is 0. The topological polar surface area (TPSA) is 12.5 Å². The van der Waals surface area contributed by atoms with Crippen LogP contribution in [0.25, 0.3) is 0 Å². The quantitative estimate of drug-likeness (QED) is 0.452. The normalized spacial score (nSPS) is 18.6. The van der Waals surface area contributed by atoms with Gasteiger partial charge in [-0.3, -0.25) is 4.90 Å². The van der Waals surface area contributed by atoms with Crippen LogP contribution in [0.5, 0.6) is 0 Å². The number of thioether (sulfide) groups is 1. The van der Waals surface area contributed by atoms with Gasteiger partial charge in [-0.1, -0.05) is 52.4 Å². The van der Waals surface area contributed by atoms with Crippen molar-refractivity contribution in [3.63, 3.8) is 0 Å². The van der Waals surface area contributed by atoms with Crippen molar-refractivity contribution in [2.75, 3.05) is 31.3 Å². The van der Waals surface area contributed by atoms with Crippen molar-refractivity contribution in [2.45, 2.75) is 84.2 Å².